The molecule has 3 aromatic carbocycles. The van der Waals surface area contributed by atoms with Crippen molar-refractivity contribution in [1.29, 1.82) is 0 Å². The minimum absolute atomic E-state index is 0.145. The molecule has 0 radical (unpaired) electrons. The average molecular weight is 921 g/mol. The molecule has 4 amide bonds. The van der Waals surface area contributed by atoms with Crippen LogP contribution in [0, 0.1) is 5.41 Å². The van der Waals surface area contributed by atoms with E-state index in [1.54, 1.807) is 37.7 Å². The van der Waals surface area contributed by atoms with Crippen molar-refractivity contribution in [3.05, 3.63) is 114 Å². The van der Waals surface area contributed by atoms with Crippen LogP contribution in [0.25, 0.3) is 0 Å². The number of carbonyl (C=O) groups excluding carboxylic acids is 6. The molecule has 2 heterocycles. The fourth-order valence-electron chi connectivity index (χ4n) is 8.57. The zero-order chi connectivity index (χ0) is 47.9. The van der Waals surface area contributed by atoms with Gasteiger partial charge in [0.05, 0.1) is 31.3 Å². The molecule has 3 aromatic rings. The van der Waals surface area contributed by atoms with Gasteiger partial charge in [-0.2, -0.15) is 0 Å². The fourth-order valence-corrected chi connectivity index (χ4v) is 8.57. The highest BCUT2D eigenvalue weighted by Crippen LogP contribution is 2.42. The first kappa shape index (κ1) is 49.9. The Morgan fingerprint density at radius 3 is 1.78 bits per heavy atom. The van der Waals surface area contributed by atoms with Crippen LogP contribution in [-0.4, -0.2) is 116 Å². The first-order valence-corrected chi connectivity index (χ1v) is 23.2. The molecule has 6 rings (SSSR count). The van der Waals surface area contributed by atoms with Crippen LogP contribution in [0.3, 0.4) is 0 Å². The van der Waals surface area contributed by atoms with Crippen molar-refractivity contribution in [2.45, 2.75) is 102 Å². The molecule has 358 valence electrons. The third-order valence-electron chi connectivity index (χ3n) is 12.6. The van der Waals surface area contributed by atoms with E-state index in [4.69, 9.17) is 18.9 Å². The van der Waals surface area contributed by atoms with Gasteiger partial charge in [0.25, 0.3) is 11.8 Å². The summed E-state index contributed by atoms with van der Waals surface area (Å²) in [7, 11) is 3.19. The van der Waals surface area contributed by atoms with Crippen molar-refractivity contribution in [2.75, 3.05) is 40.4 Å². The molecule has 0 bridgehead atoms. The molecule has 0 aromatic heterocycles. The minimum atomic E-state index is -1.61. The number of ether oxygens (including phenoxy) is 4. The third kappa shape index (κ3) is 13.1. The van der Waals surface area contributed by atoms with Crippen LogP contribution in [-0.2, 0) is 38.2 Å². The van der Waals surface area contributed by atoms with E-state index in [1.807, 2.05) is 103 Å². The number of rotatable bonds is 21. The summed E-state index contributed by atoms with van der Waals surface area (Å²) in [5, 5.41) is 10.9. The van der Waals surface area contributed by atoms with E-state index in [-0.39, 0.29) is 38.1 Å². The zero-order valence-electron chi connectivity index (χ0n) is 39.0. The number of nitrogens with zero attached hydrogens (tertiary/aromatic N) is 2. The van der Waals surface area contributed by atoms with Crippen molar-refractivity contribution in [2.24, 2.45) is 5.41 Å². The number of unbranched alkanes of at least 4 members (excludes halogenated alkanes) is 1. The summed E-state index contributed by atoms with van der Waals surface area (Å²) in [6, 6.07) is 21.0. The quantitative estimate of drug-likeness (QED) is 0.0628. The lowest BCUT2D eigenvalue weighted by molar-refractivity contribution is -0.157. The lowest BCUT2D eigenvalue weighted by Gasteiger charge is -2.40. The second-order valence-corrected chi connectivity index (χ2v) is 17.4. The molecule has 4 N–H and O–H groups in total. The summed E-state index contributed by atoms with van der Waals surface area (Å²) in [5.41, 5.74) is 0.309. The normalized spacial score (nSPS) is 20.7. The van der Waals surface area contributed by atoms with Gasteiger partial charge < -0.3 is 50.0 Å². The van der Waals surface area contributed by atoms with Crippen LogP contribution in [0.1, 0.15) is 77.3 Å². The Hall–Kier alpha value is -6.52. The van der Waals surface area contributed by atoms with Crippen LogP contribution in [0.2, 0.25) is 0 Å². The Bertz CT molecular complexity index is 2260. The number of hydrogen-bond acceptors (Lipinski definition) is 12. The number of allylic oxidation sites excluding steroid dienone is 2. The molecule has 2 fully saturated rings. The number of hydrogen-bond donors (Lipinski definition) is 4. The topological polar surface area (TPSA) is 194 Å². The van der Waals surface area contributed by atoms with Gasteiger partial charge in [-0.15, -0.1) is 0 Å². The van der Waals surface area contributed by atoms with Gasteiger partial charge >= 0.3 is 11.9 Å². The molecule has 0 spiro atoms. The summed E-state index contributed by atoms with van der Waals surface area (Å²) in [6.45, 7) is 5.76. The molecule has 1 aliphatic carbocycles. The Kier molecular flexibility index (Phi) is 17.7. The van der Waals surface area contributed by atoms with E-state index in [9.17, 15) is 28.8 Å². The first-order valence-electron chi connectivity index (χ1n) is 23.2. The van der Waals surface area contributed by atoms with Crippen molar-refractivity contribution in [3.63, 3.8) is 0 Å². The molecule has 16 nitrogen and oxygen atoms in total. The lowest BCUT2D eigenvalue weighted by atomic mass is 9.75. The Balaban J connectivity index is 1.06. The lowest BCUT2D eigenvalue weighted by Crippen LogP contribution is -2.58. The Labute approximate surface area is 392 Å². The molecular formula is C51H64N6O10. The van der Waals surface area contributed by atoms with E-state index in [2.05, 4.69) is 28.2 Å². The SMILES string of the molecule is CN[C@@H](C)C(=O)N[C@@H](C(=O)OCCCCOC(=O)[C@H](NC(=O)[C@H](C)NC)C(=O)N1CCC[C@H]1c1cccc(Oc2ccccc2)c1)C(=O)N1CCC[C@H]1C1(C)C=C(Oc2ccccc2)C=CC1. The summed E-state index contributed by atoms with van der Waals surface area (Å²) in [5.74, 6) is -1.49. The fraction of sp³-hybridized carbons (Fsp3) is 0.451. The highest BCUT2D eigenvalue weighted by atomic mass is 16.5. The number of benzene rings is 3. The second-order valence-electron chi connectivity index (χ2n) is 17.4. The average Bonchev–Trinajstić information content (AvgIpc) is 4.05. The summed E-state index contributed by atoms with van der Waals surface area (Å²) < 4.78 is 23.4. The van der Waals surface area contributed by atoms with Crippen molar-refractivity contribution < 1.29 is 47.7 Å². The van der Waals surface area contributed by atoms with Gasteiger partial charge in [0.15, 0.2) is 0 Å². The van der Waals surface area contributed by atoms with Crippen molar-refractivity contribution in [3.8, 4) is 17.2 Å². The van der Waals surface area contributed by atoms with Gasteiger partial charge in [-0.05, 0) is 127 Å². The number of esters is 2. The number of para-hydroxylation sites is 2. The zero-order valence-corrected chi connectivity index (χ0v) is 39.0. The van der Waals surface area contributed by atoms with E-state index < -0.39 is 65.1 Å². The summed E-state index contributed by atoms with van der Waals surface area (Å²) in [6.07, 6.45) is 9.77. The maximum atomic E-state index is 14.3. The van der Waals surface area contributed by atoms with Crippen LogP contribution >= 0.6 is 0 Å². The van der Waals surface area contributed by atoms with Gasteiger partial charge in [-0.1, -0.05) is 61.5 Å². The molecule has 67 heavy (non-hydrogen) atoms. The second kappa shape index (κ2) is 23.8. The number of carbonyl (C=O) groups is 6. The standard InChI is InChI=1S/C51H64N6O10/c1-34(52-4)45(58)54-43(47(60)56-28-16-25-41(56)36-18-14-23-39(32-36)66-37-19-8-6-9-20-37)49(62)64-30-12-13-31-65-50(63)44(55-46(59)35(2)53-5)48(61)57-29-17-26-42(57)51(3)27-15-24-40(33-51)67-38-21-10-7-11-22-38/h6-11,14-15,18-24,32-35,41-44,52-53H,12-13,16-17,25-31H2,1-5H3,(H,54,58)(H,55,59)/t34-,35-,41-,42-,43+,44+,51?/m0/s1. The molecule has 7 atom stereocenters. The van der Waals surface area contributed by atoms with Crippen LogP contribution in [0.15, 0.2) is 109 Å². The number of amides is 4. The minimum Gasteiger partial charge on any atom is -0.464 e. The first-order chi connectivity index (χ1) is 32.3. The van der Waals surface area contributed by atoms with Crippen LogP contribution in [0.5, 0.6) is 17.2 Å². The number of likely N-dealkylation sites (N-methyl/N-ethyl adjacent to an activating group) is 2. The van der Waals surface area contributed by atoms with Crippen molar-refractivity contribution >= 4 is 35.6 Å². The number of nitrogens with one attached hydrogen (secondary N) is 4. The van der Waals surface area contributed by atoms with Crippen LogP contribution in [0.4, 0.5) is 0 Å². The van der Waals surface area contributed by atoms with Gasteiger partial charge in [-0.25, -0.2) is 9.59 Å². The molecule has 0 saturated carbocycles. The molecule has 2 aliphatic heterocycles. The predicted octanol–water partition coefficient (Wildman–Crippen LogP) is 5.11. The Morgan fingerprint density at radius 1 is 0.672 bits per heavy atom. The van der Waals surface area contributed by atoms with E-state index in [0.29, 0.717) is 68.2 Å². The molecule has 1 unspecified atom stereocenters. The molecule has 16 heteroatoms. The Morgan fingerprint density at radius 2 is 1.19 bits per heavy atom. The maximum absolute atomic E-state index is 14.3. The smallest absolute Gasteiger partial charge is 0.338 e. The maximum Gasteiger partial charge on any atom is 0.338 e. The third-order valence-corrected chi connectivity index (χ3v) is 12.6. The van der Waals surface area contributed by atoms with Crippen LogP contribution < -0.4 is 30.7 Å². The highest BCUT2D eigenvalue weighted by Gasteiger charge is 2.46. The monoisotopic (exact) mass is 920 g/mol. The molecule has 2 saturated heterocycles. The number of likely N-dealkylation sites (tertiary alicyclic amines) is 2. The molecular weight excluding hydrogens is 857 g/mol. The van der Waals surface area contributed by atoms with E-state index >= 15 is 0 Å². The predicted molar refractivity (Wildman–Crippen MR) is 250 cm³/mol. The van der Waals surface area contributed by atoms with E-state index in [0.717, 1.165) is 5.56 Å². The van der Waals surface area contributed by atoms with Gasteiger partial charge in [0.2, 0.25) is 23.9 Å². The summed E-state index contributed by atoms with van der Waals surface area (Å²) >= 11 is 0. The summed E-state index contributed by atoms with van der Waals surface area (Å²) in [4.78, 5) is 85.4. The van der Waals surface area contributed by atoms with Gasteiger partial charge in [0, 0.05) is 24.5 Å². The van der Waals surface area contributed by atoms with Gasteiger partial charge in [-0.3, -0.25) is 19.2 Å². The van der Waals surface area contributed by atoms with Gasteiger partial charge in [0.1, 0.15) is 23.0 Å². The largest absolute Gasteiger partial charge is 0.464 e. The highest BCUT2D eigenvalue weighted by molar-refractivity contribution is 6.06. The van der Waals surface area contributed by atoms with E-state index in [1.165, 1.54) is 0 Å². The molecule has 3 aliphatic rings. The van der Waals surface area contributed by atoms with Crippen molar-refractivity contribution in [1.82, 2.24) is 31.1 Å².